The zero-order chi connectivity index (χ0) is 29.4. The summed E-state index contributed by atoms with van der Waals surface area (Å²) < 4.78 is 10.6. The second-order valence-corrected chi connectivity index (χ2v) is 11.1. The number of carbonyl (C=O) groups is 3. The van der Waals surface area contributed by atoms with Gasteiger partial charge in [-0.05, 0) is 59.2 Å². The molecule has 17 heteroatoms. The van der Waals surface area contributed by atoms with Crippen molar-refractivity contribution >= 4 is 18.0 Å². The Morgan fingerprint density at radius 1 is 0.791 bits per heavy atom. The van der Waals surface area contributed by atoms with Crippen molar-refractivity contribution in [3.63, 3.8) is 0 Å². The Morgan fingerprint density at radius 2 is 1.23 bits per heavy atom. The Hall–Kier alpha value is 4.44. The van der Waals surface area contributed by atoms with Crippen molar-refractivity contribution in [1.82, 2.24) is 10.2 Å². The second-order valence-electron chi connectivity index (χ2n) is 11.1. The molecule has 0 unspecified atom stereocenters. The van der Waals surface area contributed by atoms with E-state index < -0.39 is 72.8 Å². The first-order valence-electron chi connectivity index (χ1n) is 12.2. The van der Waals surface area contributed by atoms with E-state index in [0.717, 1.165) is 4.90 Å². The van der Waals surface area contributed by atoms with Crippen LogP contribution in [0, 0.1) is 220 Å². The van der Waals surface area contributed by atoms with Crippen LogP contribution in [0.3, 0.4) is 0 Å². The van der Waals surface area contributed by atoms with Gasteiger partial charge in [0.15, 0.2) is 0 Å². The number of nitrogens with zero attached hydrogens (tertiary/aromatic N) is 1. The van der Waals surface area contributed by atoms with Gasteiger partial charge in [0.05, 0.1) is 12.2 Å². The first-order chi connectivity index (χ1) is 17.3. The van der Waals surface area contributed by atoms with Crippen molar-refractivity contribution in [2.24, 2.45) is 0 Å². The second kappa shape index (κ2) is 27.1. The molecule has 12 nitrogen and oxygen atoms in total. The molecule has 231 valence electrons. The van der Waals surface area contributed by atoms with Crippen molar-refractivity contribution < 1.29 is 270 Å². The maximum absolute atomic E-state index is 13.2. The van der Waals surface area contributed by atoms with E-state index in [0.29, 0.717) is 11.1 Å². The molecule has 43 heavy (non-hydrogen) atoms. The summed E-state index contributed by atoms with van der Waals surface area (Å²) in [5, 5.41) is 51.1. The van der Waals surface area contributed by atoms with Crippen LogP contribution < -0.4 is 5.32 Å². The summed E-state index contributed by atoms with van der Waals surface area (Å²) in [6, 6.07) is 5.15. The predicted molar refractivity (Wildman–Crippen MR) is 137 cm³/mol. The molecule has 0 saturated heterocycles. The Balaban J connectivity index is -0.000000963. The number of aliphatic hydroxyl groups is 5. The number of aliphatic hydroxyl groups excluding tert-OH is 5. The van der Waals surface area contributed by atoms with E-state index in [1.54, 1.807) is 53.7 Å². The van der Waals surface area contributed by atoms with Crippen molar-refractivity contribution in [2.45, 2.75) is 89.6 Å². The summed E-state index contributed by atoms with van der Waals surface area (Å²) in [4.78, 5) is 39.0. The fourth-order valence-electron chi connectivity index (χ4n) is 3.31. The van der Waals surface area contributed by atoms with Crippen LogP contribution in [0.25, 0.3) is 0 Å². The fraction of sp³-hybridized carbons (Fsp3) is 0.654. The van der Waals surface area contributed by atoms with Crippen LogP contribution in [-0.2, 0) is 20.7 Å². The van der Waals surface area contributed by atoms with Crippen molar-refractivity contribution in [2.75, 3.05) is 20.2 Å². The molecule has 5 radical (unpaired) electrons. The van der Waals surface area contributed by atoms with Gasteiger partial charge in [-0.1, -0.05) is 12.1 Å². The quantitative estimate of drug-likeness (QED) is 0.165. The van der Waals surface area contributed by atoms with E-state index in [4.69, 9.17) is 14.6 Å². The molecule has 0 aromatic heterocycles. The summed E-state index contributed by atoms with van der Waals surface area (Å²) in [7, 11) is 1.32. The van der Waals surface area contributed by atoms with Crippen LogP contribution >= 0.6 is 0 Å². The number of carbonyl (C=O) groups excluding carboxylic acids is 3. The van der Waals surface area contributed by atoms with Gasteiger partial charge >= 0.3 is 12.1 Å². The predicted octanol–water partition coefficient (Wildman–Crippen LogP) is -0.0280. The Morgan fingerprint density at radius 3 is 1.65 bits per heavy atom. The monoisotopic (exact) mass is 1680 g/mol. The number of nitrogens with one attached hydrogen (secondary N) is 1. The van der Waals surface area contributed by atoms with E-state index in [1.807, 2.05) is 0 Å². The van der Waals surface area contributed by atoms with Gasteiger partial charge in [0, 0.05) is 240 Å². The van der Waals surface area contributed by atoms with Crippen LogP contribution in [0.5, 0.6) is 0 Å². The van der Waals surface area contributed by atoms with Crippen LogP contribution in [0.15, 0.2) is 24.3 Å². The van der Waals surface area contributed by atoms with Crippen LogP contribution in [0.4, 0.5) is 4.79 Å². The molecule has 0 bridgehead atoms. The van der Waals surface area contributed by atoms with Gasteiger partial charge < -0.3 is 45.2 Å². The van der Waals surface area contributed by atoms with Gasteiger partial charge in [-0.2, -0.15) is 0 Å². The summed E-state index contributed by atoms with van der Waals surface area (Å²) >= 11 is 0. The number of ether oxygens (including phenoxy) is 2. The maximum Gasteiger partial charge on any atom is 0.408 e. The molecule has 6 N–H and O–H groups in total. The molecule has 0 heterocycles. The zero-order valence-electron chi connectivity index (χ0n) is 25.9. The SMILES string of the molecule is CN(C[C@@H](O)[C@H](O)[C@@H](O)[C@@H](O)CO)C(=O)[C@H](Cc1ccc(C(=O)OC(C)(C)C)cc1)NC(=O)OC(C)(C)C.[Ac].[Ac].[Ac].[Ac].[Ac]. The van der Waals surface area contributed by atoms with Crippen LogP contribution in [0.1, 0.15) is 57.5 Å². The zero-order valence-corrected chi connectivity index (χ0v) is 49.7. The number of benzene rings is 1. The normalized spacial score (nSPS) is 14.1. The smallest absolute Gasteiger partial charge is 0.408 e. The minimum atomic E-state index is -1.86. The van der Waals surface area contributed by atoms with Gasteiger partial charge in [0.25, 0.3) is 0 Å². The summed E-state index contributed by atoms with van der Waals surface area (Å²) in [6.07, 6.45) is -7.91. The first-order valence-corrected chi connectivity index (χ1v) is 12.2. The van der Waals surface area contributed by atoms with E-state index in [1.165, 1.54) is 19.2 Å². The molecule has 1 aromatic rings. The number of amides is 2. The van der Waals surface area contributed by atoms with Gasteiger partial charge in [-0.15, -0.1) is 0 Å². The molecule has 0 aliphatic rings. The Bertz CT molecular complexity index is 946. The van der Waals surface area contributed by atoms with E-state index in [-0.39, 0.29) is 227 Å². The summed E-state index contributed by atoms with van der Waals surface area (Å²) in [5.74, 6) is -1.15. The van der Waals surface area contributed by atoms with Crippen LogP contribution in [0.2, 0.25) is 0 Å². The number of hydrogen-bond acceptors (Lipinski definition) is 10. The minimum absolute atomic E-state index is 0. The Labute approximate surface area is 433 Å². The largest absolute Gasteiger partial charge is 0.456 e. The fourth-order valence-corrected chi connectivity index (χ4v) is 3.31. The van der Waals surface area contributed by atoms with E-state index in [2.05, 4.69) is 5.32 Å². The molecular formula is C26H42Ac5N2O10. The molecule has 1 aromatic carbocycles. The van der Waals surface area contributed by atoms with E-state index >= 15 is 0 Å². The number of alkyl carbamates (subject to hydrolysis) is 1. The minimum Gasteiger partial charge on any atom is -0.456 e. The van der Waals surface area contributed by atoms with E-state index in [9.17, 15) is 34.8 Å². The van der Waals surface area contributed by atoms with Gasteiger partial charge in [0.1, 0.15) is 41.7 Å². The summed E-state index contributed by atoms with van der Waals surface area (Å²) in [5.41, 5.74) is -0.589. The number of esters is 1. The maximum atomic E-state index is 13.2. The van der Waals surface area contributed by atoms with Gasteiger partial charge in [-0.25, -0.2) is 9.59 Å². The van der Waals surface area contributed by atoms with Crippen molar-refractivity contribution in [3.05, 3.63) is 35.4 Å². The topological polar surface area (TPSA) is 186 Å². The third-order valence-electron chi connectivity index (χ3n) is 5.18. The molecule has 0 aliphatic carbocycles. The average molecular weight is 1680 g/mol. The number of rotatable bonds is 11. The third-order valence-corrected chi connectivity index (χ3v) is 5.18. The standard InChI is InChI=1S/C26H42N2O10.5Ac/c1-25(2,3)37-23(35)16-10-8-15(9-11-16)12-17(27-24(36)38-26(4,5)6)22(34)28(7)13-18(30)20(32)21(33)19(31)14-29;;;;;/h8-11,17-21,29-33H,12-14H2,1-7H3,(H,27,36);;;;;/t17-,18+,19-,20-,21-;;;;;/m0...../s1. The Kier molecular flexibility index (Phi) is 35.8. The average Bonchev–Trinajstić information content (AvgIpc) is 2.79. The molecule has 0 spiro atoms. The molecular weight excluding hydrogens is 1640 g/mol. The molecule has 0 fully saturated rings. The molecule has 1 rings (SSSR count). The van der Waals surface area contributed by atoms with Crippen molar-refractivity contribution in [1.29, 1.82) is 0 Å². The number of likely N-dealkylation sites (N-methyl/N-ethyl adjacent to an activating group) is 1. The molecule has 0 aliphatic heterocycles. The van der Waals surface area contributed by atoms with Gasteiger partial charge in [-0.3, -0.25) is 4.79 Å². The molecule has 2 amide bonds. The molecule has 0 saturated carbocycles. The van der Waals surface area contributed by atoms with Gasteiger partial charge in [0.2, 0.25) is 5.91 Å². The van der Waals surface area contributed by atoms with Crippen molar-refractivity contribution in [3.8, 4) is 0 Å². The first kappa shape index (κ1) is 56.8. The number of hydrogen-bond donors (Lipinski definition) is 6. The summed E-state index contributed by atoms with van der Waals surface area (Å²) in [6.45, 7) is 8.94. The molecule has 5 atom stereocenters. The third kappa shape index (κ3) is 23.5. The van der Waals surface area contributed by atoms with Crippen LogP contribution in [-0.4, -0.2) is 110 Å².